The SMILES string of the molecule is CCOC(C)(C)Cn1c(C(C)O)nc2cc(N)ccc21. The van der Waals surface area contributed by atoms with Gasteiger partial charge in [0.05, 0.1) is 23.2 Å². The molecule has 5 nitrogen and oxygen atoms in total. The van der Waals surface area contributed by atoms with Gasteiger partial charge in [-0.3, -0.25) is 0 Å². The normalized spacial score (nSPS) is 13.8. The molecule has 20 heavy (non-hydrogen) atoms. The molecule has 1 aromatic carbocycles. The van der Waals surface area contributed by atoms with E-state index in [-0.39, 0.29) is 5.60 Å². The molecule has 0 saturated carbocycles. The summed E-state index contributed by atoms with van der Waals surface area (Å²) < 4.78 is 7.76. The Morgan fingerprint density at radius 2 is 2.15 bits per heavy atom. The largest absolute Gasteiger partial charge is 0.399 e. The van der Waals surface area contributed by atoms with Crippen molar-refractivity contribution in [2.75, 3.05) is 12.3 Å². The Bertz CT molecular complexity index is 602. The van der Waals surface area contributed by atoms with Gasteiger partial charge in [0.1, 0.15) is 11.9 Å². The summed E-state index contributed by atoms with van der Waals surface area (Å²) in [6.45, 7) is 9.04. The van der Waals surface area contributed by atoms with Gasteiger partial charge in [0.2, 0.25) is 0 Å². The molecule has 2 rings (SSSR count). The highest BCUT2D eigenvalue weighted by Gasteiger charge is 2.23. The van der Waals surface area contributed by atoms with E-state index in [1.807, 2.05) is 43.5 Å². The van der Waals surface area contributed by atoms with Crippen molar-refractivity contribution < 1.29 is 9.84 Å². The van der Waals surface area contributed by atoms with Crippen LogP contribution in [-0.2, 0) is 11.3 Å². The first kappa shape index (κ1) is 14.8. The van der Waals surface area contributed by atoms with E-state index in [9.17, 15) is 5.11 Å². The fourth-order valence-corrected chi connectivity index (χ4v) is 2.47. The van der Waals surface area contributed by atoms with Gasteiger partial charge < -0.3 is 20.1 Å². The molecule has 1 heterocycles. The molecule has 0 aliphatic rings. The minimum Gasteiger partial charge on any atom is -0.399 e. The van der Waals surface area contributed by atoms with Gasteiger partial charge in [-0.1, -0.05) is 0 Å². The van der Waals surface area contributed by atoms with Crippen LogP contribution in [0, 0.1) is 0 Å². The molecule has 0 aliphatic carbocycles. The highest BCUT2D eigenvalue weighted by atomic mass is 16.5. The lowest BCUT2D eigenvalue weighted by molar-refractivity contribution is -0.0230. The van der Waals surface area contributed by atoms with Crippen LogP contribution in [0.1, 0.15) is 39.6 Å². The lowest BCUT2D eigenvalue weighted by Crippen LogP contribution is -2.31. The molecule has 2 aromatic rings. The molecule has 3 N–H and O–H groups in total. The van der Waals surface area contributed by atoms with Crippen molar-refractivity contribution in [1.29, 1.82) is 0 Å². The molecule has 0 amide bonds. The Morgan fingerprint density at radius 3 is 2.75 bits per heavy atom. The number of nitrogens with two attached hydrogens (primary N) is 1. The second kappa shape index (κ2) is 5.42. The number of imidazole rings is 1. The summed E-state index contributed by atoms with van der Waals surface area (Å²) in [6, 6.07) is 5.61. The molecule has 110 valence electrons. The first-order valence-electron chi connectivity index (χ1n) is 6.92. The Labute approximate surface area is 119 Å². The number of ether oxygens (including phenoxy) is 1. The zero-order valence-electron chi connectivity index (χ0n) is 12.6. The number of nitrogen functional groups attached to an aromatic ring is 1. The number of hydrogen-bond donors (Lipinski definition) is 2. The first-order valence-corrected chi connectivity index (χ1v) is 6.92. The first-order chi connectivity index (χ1) is 9.34. The number of rotatable bonds is 5. The number of benzene rings is 1. The summed E-state index contributed by atoms with van der Waals surface area (Å²) in [4.78, 5) is 4.49. The van der Waals surface area contributed by atoms with E-state index in [0.717, 1.165) is 11.0 Å². The maximum atomic E-state index is 9.95. The highest BCUT2D eigenvalue weighted by Crippen LogP contribution is 2.25. The molecule has 0 fully saturated rings. The van der Waals surface area contributed by atoms with Crippen LogP contribution in [0.4, 0.5) is 5.69 Å². The van der Waals surface area contributed by atoms with Crippen LogP contribution in [0.25, 0.3) is 11.0 Å². The van der Waals surface area contributed by atoms with Crippen molar-refractivity contribution in [2.45, 2.75) is 45.9 Å². The Balaban J connectivity index is 2.51. The number of aliphatic hydroxyl groups is 1. The average molecular weight is 277 g/mol. The maximum absolute atomic E-state index is 9.95. The van der Waals surface area contributed by atoms with Crippen LogP contribution in [0.2, 0.25) is 0 Å². The van der Waals surface area contributed by atoms with Gasteiger partial charge in [0.15, 0.2) is 0 Å². The lowest BCUT2D eigenvalue weighted by Gasteiger charge is -2.26. The van der Waals surface area contributed by atoms with Gasteiger partial charge in [-0.2, -0.15) is 0 Å². The van der Waals surface area contributed by atoms with Gasteiger partial charge in [-0.25, -0.2) is 4.98 Å². The molecule has 0 saturated heterocycles. The fourth-order valence-electron chi connectivity index (χ4n) is 2.47. The number of hydrogen-bond acceptors (Lipinski definition) is 4. The topological polar surface area (TPSA) is 73.3 Å². The summed E-state index contributed by atoms with van der Waals surface area (Å²) in [6.07, 6.45) is -0.638. The Hall–Kier alpha value is -1.59. The molecular weight excluding hydrogens is 254 g/mol. The standard InChI is InChI=1S/C15H23N3O2/c1-5-20-15(3,4)9-18-13-7-6-11(16)8-12(13)17-14(18)10(2)19/h6-8,10,19H,5,9,16H2,1-4H3. The minimum atomic E-state index is -0.638. The Morgan fingerprint density at radius 1 is 1.45 bits per heavy atom. The quantitative estimate of drug-likeness (QED) is 0.823. The number of anilines is 1. The van der Waals surface area contributed by atoms with Crippen LogP contribution in [0.5, 0.6) is 0 Å². The summed E-state index contributed by atoms with van der Waals surface area (Å²) >= 11 is 0. The molecular formula is C15H23N3O2. The van der Waals surface area contributed by atoms with Crippen LogP contribution >= 0.6 is 0 Å². The summed E-state index contributed by atoms with van der Waals surface area (Å²) in [5.74, 6) is 0.637. The molecule has 1 aromatic heterocycles. The van der Waals surface area contributed by atoms with Gasteiger partial charge in [-0.05, 0) is 45.9 Å². The van der Waals surface area contributed by atoms with Crippen molar-refractivity contribution in [1.82, 2.24) is 9.55 Å². The zero-order chi connectivity index (χ0) is 14.9. The van der Waals surface area contributed by atoms with Crippen molar-refractivity contribution in [3.05, 3.63) is 24.0 Å². The second-order valence-corrected chi connectivity index (χ2v) is 5.67. The third kappa shape index (κ3) is 2.94. The zero-order valence-corrected chi connectivity index (χ0v) is 12.6. The predicted molar refractivity (Wildman–Crippen MR) is 80.5 cm³/mol. The Kier molecular flexibility index (Phi) is 4.01. The van der Waals surface area contributed by atoms with E-state index in [4.69, 9.17) is 10.5 Å². The summed E-state index contributed by atoms with van der Waals surface area (Å²) in [5, 5.41) is 9.95. The predicted octanol–water partition coefficient (Wildman–Crippen LogP) is 2.49. The molecule has 0 aliphatic heterocycles. The van der Waals surface area contributed by atoms with E-state index >= 15 is 0 Å². The van der Waals surface area contributed by atoms with Gasteiger partial charge in [0, 0.05) is 12.3 Å². The van der Waals surface area contributed by atoms with Crippen LogP contribution in [-0.4, -0.2) is 26.9 Å². The average Bonchev–Trinajstić information content (AvgIpc) is 2.66. The number of aromatic nitrogens is 2. The lowest BCUT2D eigenvalue weighted by atomic mass is 10.1. The smallest absolute Gasteiger partial charge is 0.138 e. The van der Waals surface area contributed by atoms with Gasteiger partial charge in [0.25, 0.3) is 0 Å². The van der Waals surface area contributed by atoms with Gasteiger partial charge in [-0.15, -0.1) is 0 Å². The minimum absolute atomic E-state index is 0.326. The third-order valence-electron chi connectivity index (χ3n) is 3.25. The number of nitrogens with zero attached hydrogens (tertiary/aromatic N) is 2. The van der Waals surface area contributed by atoms with E-state index < -0.39 is 6.10 Å². The monoisotopic (exact) mass is 277 g/mol. The summed E-state index contributed by atoms with van der Waals surface area (Å²) in [5.41, 5.74) is 7.90. The fraction of sp³-hybridized carbons (Fsp3) is 0.533. The van der Waals surface area contributed by atoms with E-state index in [0.29, 0.717) is 24.7 Å². The molecule has 0 spiro atoms. The highest BCUT2D eigenvalue weighted by molar-refractivity contribution is 5.79. The molecule has 0 bridgehead atoms. The third-order valence-corrected chi connectivity index (χ3v) is 3.25. The van der Waals surface area contributed by atoms with Crippen LogP contribution in [0.3, 0.4) is 0 Å². The number of aliphatic hydroxyl groups excluding tert-OH is 1. The number of fused-ring (bicyclic) bond motifs is 1. The maximum Gasteiger partial charge on any atom is 0.138 e. The molecule has 1 unspecified atom stereocenters. The second-order valence-electron chi connectivity index (χ2n) is 5.67. The van der Waals surface area contributed by atoms with Crippen molar-refractivity contribution >= 4 is 16.7 Å². The van der Waals surface area contributed by atoms with E-state index in [2.05, 4.69) is 4.98 Å². The van der Waals surface area contributed by atoms with Crippen LogP contribution in [0.15, 0.2) is 18.2 Å². The molecule has 0 radical (unpaired) electrons. The van der Waals surface area contributed by atoms with E-state index in [1.165, 1.54) is 0 Å². The van der Waals surface area contributed by atoms with Gasteiger partial charge >= 0.3 is 0 Å². The van der Waals surface area contributed by atoms with Crippen molar-refractivity contribution in [3.63, 3.8) is 0 Å². The van der Waals surface area contributed by atoms with Crippen molar-refractivity contribution in [2.24, 2.45) is 0 Å². The van der Waals surface area contributed by atoms with Crippen molar-refractivity contribution in [3.8, 4) is 0 Å². The summed E-state index contributed by atoms with van der Waals surface area (Å²) in [7, 11) is 0. The van der Waals surface area contributed by atoms with Crippen LogP contribution < -0.4 is 5.73 Å². The van der Waals surface area contributed by atoms with E-state index in [1.54, 1.807) is 6.92 Å². The molecule has 1 atom stereocenters. The molecule has 5 heteroatoms.